The number of nitrogens with zero attached hydrogens (tertiary/aromatic N) is 1. The van der Waals surface area contributed by atoms with Crippen LogP contribution in [0, 0.1) is 5.82 Å². The molecule has 0 spiro atoms. The van der Waals surface area contributed by atoms with Crippen molar-refractivity contribution in [2.45, 2.75) is 31.9 Å². The minimum absolute atomic E-state index is 0.199. The molecule has 20 heavy (non-hydrogen) atoms. The van der Waals surface area contributed by atoms with Gasteiger partial charge < -0.3 is 10.5 Å². The number of ether oxygens (including phenoxy) is 1. The largest absolute Gasteiger partial charge is 0.367 e. The summed E-state index contributed by atoms with van der Waals surface area (Å²) in [5, 5.41) is 0. The maximum atomic E-state index is 13.1. The highest BCUT2D eigenvalue weighted by atomic mass is 19.1. The van der Waals surface area contributed by atoms with E-state index in [1.165, 1.54) is 6.07 Å². The lowest BCUT2D eigenvalue weighted by atomic mass is 10.0. The fourth-order valence-corrected chi connectivity index (χ4v) is 2.49. The van der Waals surface area contributed by atoms with Crippen molar-refractivity contribution in [3.05, 3.63) is 35.6 Å². The zero-order chi connectivity index (χ0) is 14.5. The van der Waals surface area contributed by atoms with Gasteiger partial charge in [-0.2, -0.15) is 0 Å². The van der Waals surface area contributed by atoms with Crippen LogP contribution in [0.5, 0.6) is 0 Å². The van der Waals surface area contributed by atoms with Crippen LogP contribution >= 0.6 is 0 Å². The number of primary amides is 1. The molecule has 1 saturated heterocycles. The van der Waals surface area contributed by atoms with E-state index in [4.69, 9.17) is 10.5 Å². The molecule has 1 fully saturated rings. The third-order valence-electron chi connectivity index (χ3n) is 3.78. The topological polar surface area (TPSA) is 55.6 Å². The predicted octanol–water partition coefficient (Wildman–Crippen LogP) is 1.33. The number of carbonyl (C=O) groups is 1. The van der Waals surface area contributed by atoms with Gasteiger partial charge in [0, 0.05) is 19.1 Å². The number of hydrogen-bond acceptors (Lipinski definition) is 3. The van der Waals surface area contributed by atoms with Crippen molar-refractivity contribution >= 4 is 5.91 Å². The Labute approximate surface area is 118 Å². The van der Waals surface area contributed by atoms with E-state index in [9.17, 15) is 9.18 Å². The zero-order valence-corrected chi connectivity index (χ0v) is 11.7. The lowest BCUT2D eigenvalue weighted by Gasteiger charge is -2.35. The summed E-state index contributed by atoms with van der Waals surface area (Å²) in [6, 6.07) is 6.99. The minimum Gasteiger partial charge on any atom is -0.367 e. The second kappa shape index (κ2) is 6.81. The van der Waals surface area contributed by atoms with Crippen molar-refractivity contribution in [3.8, 4) is 0 Å². The van der Waals surface area contributed by atoms with Crippen LogP contribution in [0.4, 0.5) is 4.39 Å². The quantitative estimate of drug-likeness (QED) is 0.885. The normalized spacial score (nSPS) is 21.6. The number of aryl methyl sites for hydroxylation is 1. The Morgan fingerprint density at radius 2 is 2.40 bits per heavy atom. The van der Waals surface area contributed by atoms with Crippen LogP contribution in [-0.2, 0) is 16.0 Å². The van der Waals surface area contributed by atoms with Crippen molar-refractivity contribution in [1.29, 1.82) is 0 Å². The Hall–Kier alpha value is -1.46. The Balaban J connectivity index is 1.85. The summed E-state index contributed by atoms with van der Waals surface area (Å²) >= 11 is 0. The van der Waals surface area contributed by atoms with E-state index in [0.29, 0.717) is 19.2 Å². The van der Waals surface area contributed by atoms with Gasteiger partial charge in [-0.05, 0) is 37.5 Å². The van der Waals surface area contributed by atoms with E-state index in [-0.39, 0.29) is 5.82 Å². The highest BCUT2D eigenvalue weighted by Crippen LogP contribution is 2.14. The van der Waals surface area contributed by atoms with Gasteiger partial charge in [0.25, 0.3) is 0 Å². The van der Waals surface area contributed by atoms with Gasteiger partial charge in [0.1, 0.15) is 11.9 Å². The van der Waals surface area contributed by atoms with Crippen LogP contribution < -0.4 is 5.73 Å². The average Bonchev–Trinajstić information content (AvgIpc) is 2.45. The van der Waals surface area contributed by atoms with E-state index < -0.39 is 12.0 Å². The number of rotatable bonds is 5. The molecule has 2 atom stereocenters. The summed E-state index contributed by atoms with van der Waals surface area (Å²) in [4.78, 5) is 13.4. The molecule has 0 bridgehead atoms. The number of nitrogens with two attached hydrogens (primary N) is 1. The number of hydrogen-bond donors (Lipinski definition) is 1. The number of benzene rings is 1. The van der Waals surface area contributed by atoms with Gasteiger partial charge in [0.05, 0.1) is 6.61 Å². The standard InChI is InChI=1S/C15H21FN2O2/c1-11(5-6-12-3-2-4-13(16)9-12)18-7-8-20-14(10-18)15(17)19/h2-4,9,11,14H,5-8,10H2,1H3,(H2,17,19)/t11-,14-/m0/s1. The van der Waals surface area contributed by atoms with Crippen LogP contribution in [0.3, 0.4) is 0 Å². The third-order valence-corrected chi connectivity index (χ3v) is 3.78. The number of halogens is 1. The molecule has 0 radical (unpaired) electrons. The van der Waals surface area contributed by atoms with Crippen molar-refractivity contribution in [2.75, 3.05) is 19.7 Å². The first-order valence-electron chi connectivity index (χ1n) is 6.95. The number of amides is 1. The van der Waals surface area contributed by atoms with Gasteiger partial charge in [-0.25, -0.2) is 4.39 Å². The highest BCUT2D eigenvalue weighted by Gasteiger charge is 2.27. The zero-order valence-electron chi connectivity index (χ0n) is 11.7. The molecule has 1 aromatic carbocycles. The first-order valence-corrected chi connectivity index (χ1v) is 6.95. The van der Waals surface area contributed by atoms with E-state index in [0.717, 1.165) is 24.9 Å². The van der Waals surface area contributed by atoms with Gasteiger partial charge >= 0.3 is 0 Å². The predicted molar refractivity (Wildman–Crippen MR) is 74.7 cm³/mol. The number of carbonyl (C=O) groups excluding carboxylic acids is 1. The molecule has 1 aromatic rings. The Kier molecular flexibility index (Phi) is 5.09. The molecule has 1 aliphatic heterocycles. The fraction of sp³-hybridized carbons (Fsp3) is 0.533. The van der Waals surface area contributed by atoms with Crippen LogP contribution in [0.2, 0.25) is 0 Å². The van der Waals surface area contributed by atoms with Crippen molar-refractivity contribution in [3.63, 3.8) is 0 Å². The highest BCUT2D eigenvalue weighted by molar-refractivity contribution is 5.79. The monoisotopic (exact) mass is 280 g/mol. The molecule has 110 valence electrons. The van der Waals surface area contributed by atoms with Crippen LogP contribution in [0.25, 0.3) is 0 Å². The molecule has 0 aliphatic carbocycles. The Morgan fingerprint density at radius 1 is 1.60 bits per heavy atom. The van der Waals surface area contributed by atoms with E-state index >= 15 is 0 Å². The van der Waals surface area contributed by atoms with Crippen molar-refractivity contribution in [1.82, 2.24) is 4.90 Å². The molecular formula is C15H21FN2O2. The molecule has 2 N–H and O–H groups in total. The molecule has 0 unspecified atom stereocenters. The molecule has 5 heteroatoms. The van der Waals surface area contributed by atoms with Crippen LogP contribution in [0.15, 0.2) is 24.3 Å². The number of morpholine rings is 1. The molecule has 4 nitrogen and oxygen atoms in total. The van der Waals surface area contributed by atoms with Gasteiger partial charge in [0.15, 0.2) is 0 Å². The van der Waals surface area contributed by atoms with Gasteiger partial charge in [-0.1, -0.05) is 12.1 Å². The maximum Gasteiger partial charge on any atom is 0.247 e. The molecule has 1 heterocycles. The molecule has 1 amide bonds. The molecule has 1 aliphatic rings. The van der Waals surface area contributed by atoms with Crippen LogP contribution in [0.1, 0.15) is 18.9 Å². The smallest absolute Gasteiger partial charge is 0.247 e. The summed E-state index contributed by atoms with van der Waals surface area (Å²) in [5.41, 5.74) is 6.28. The molecular weight excluding hydrogens is 259 g/mol. The first-order chi connectivity index (χ1) is 9.56. The van der Waals surface area contributed by atoms with Crippen LogP contribution in [-0.4, -0.2) is 42.6 Å². The maximum absolute atomic E-state index is 13.1. The average molecular weight is 280 g/mol. The lowest BCUT2D eigenvalue weighted by Crippen LogP contribution is -2.51. The summed E-state index contributed by atoms with van der Waals surface area (Å²) in [6.07, 6.45) is 1.22. The summed E-state index contributed by atoms with van der Waals surface area (Å²) < 4.78 is 18.4. The van der Waals surface area contributed by atoms with E-state index in [1.807, 2.05) is 6.07 Å². The second-order valence-corrected chi connectivity index (χ2v) is 5.27. The Morgan fingerprint density at radius 3 is 3.10 bits per heavy atom. The van der Waals surface area contributed by atoms with Gasteiger partial charge in [0.2, 0.25) is 5.91 Å². The minimum atomic E-state index is -0.514. The van der Waals surface area contributed by atoms with Gasteiger partial charge in [-0.15, -0.1) is 0 Å². The van der Waals surface area contributed by atoms with E-state index in [2.05, 4.69) is 11.8 Å². The molecule has 0 saturated carbocycles. The Bertz CT molecular complexity index is 467. The van der Waals surface area contributed by atoms with E-state index in [1.54, 1.807) is 12.1 Å². The lowest BCUT2D eigenvalue weighted by molar-refractivity contribution is -0.136. The first kappa shape index (κ1) is 14.9. The fourth-order valence-electron chi connectivity index (χ4n) is 2.49. The second-order valence-electron chi connectivity index (χ2n) is 5.27. The van der Waals surface area contributed by atoms with Crippen molar-refractivity contribution in [2.24, 2.45) is 5.73 Å². The summed E-state index contributed by atoms with van der Waals surface area (Å²) in [5.74, 6) is -0.609. The van der Waals surface area contributed by atoms with Crippen molar-refractivity contribution < 1.29 is 13.9 Å². The van der Waals surface area contributed by atoms with Gasteiger partial charge in [-0.3, -0.25) is 9.69 Å². The summed E-state index contributed by atoms with van der Waals surface area (Å²) in [7, 11) is 0. The molecule has 0 aromatic heterocycles. The molecule has 2 rings (SSSR count). The summed E-state index contributed by atoms with van der Waals surface area (Å²) in [6.45, 7) is 3.98. The third kappa shape index (κ3) is 4.02. The SMILES string of the molecule is C[C@@H](CCc1cccc(F)c1)N1CCO[C@H](C(N)=O)C1.